The van der Waals surface area contributed by atoms with Crippen molar-refractivity contribution in [2.24, 2.45) is 5.92 Å². The van der Waals surface area contributed by atoms with Crippen molar-refractivity contribution in [3.05, 3.63) is 0 Å². The molecule has 1 saturated heterocycles. The van der Waals surface area contributed by atoms with E-state index in [9.17, 15) is 13.8 Å². The normalized spacial score (nSPS) is 28.4. The van der Waals surface area contributed by atoms with Crippen LogP contribution in [0.25, 0.3) is 0 Å². The topological polar surface area (TPSA) is 95.5 Å². The van der Waals surface area contributed by atoms with Gasteiger partial charge in [0.05, 0.1) is 6.42 Å². The number of hydrogen-bond donors (Lipinski definition) is 3. The zero-order valence-corrected chi connectivity index (χ0v) is 11.6. The van der Waals surface area contributed by atoms with Crippen molar-refractivity contribution < 1.29 is 18.9 Å². The van der Waals surface area contributed by atoms with Gasteiger partial charge in [0.25, 0.3) is 0 Å². The highest BCUT2D eigenvalue weighted by Gasteiger charge is 2.34. The smallest absolute Gasteiger partial charge is 0.315 e. The van der Waals surface area contributed by atoms with E-state index in [0.29, 0.717) is 17.4 Å². The van der Waals surface area contributed by atoms with E-state index in [1.54, 1.807) is 0 Å². The van der Waals surface area contributed by atoms with Crippen LogP contribution in [0.4, 0.5) is 4.79 Å². The van der Waals surface area contributed by atoms with E-state index in [0.717, 1.165) is 25.7 Å². The Morgan fingerprint density at radius 2 is 1.84 bits per heavy atom. The van der Waals surface area contributed by atoms with Crippen LogP contribution >= 0.6 is 0 Å². The molecule has 0 spiro atoms. The first-order valence-corrected chi connectivity index (χ1v) is 8.17. The molecule has 2 rings (SSSR count). The number of carboxylic acid groups (broad SMARTS) is 1. The van der Waals surface area contributed by atoms with Gasteiger partial charge in [-0.05, 0) is 31.6 Å². The van der Waals surface area contributed by atoms with E-state index < -0.39 is 16.8 Å². The molecule has 1 atom stereocenters. The molecule has 7 heteroatoms. The second kappa shape index (κ2) is 6.36. The van der Waals surface area contributed by atoms with E-state index in [-0.39, 0.29) is 24.5 Å². The molecule has 2 fully saturated rings. The molecule has 1 saturated carbocycles. The standard InChI is InChI=1S/C12H20N2O4S/c15-11(16)7-10(8-1-2-8)14-12(17)13-9-3-5-19(18)6-4-9/h8-10H,1-7H2,(H,15,16)(H2,13,14,17). The van der Waals surface area contributed by atoms with Gasteiger partial charge in [0.15, 0.2) is 0 Å². The molecule has 0 radical (unpaired) electrons. The number of hydrogen-bond acceptors (Lipinski definition) is 3. The highest BCUT2D eigenvalue weighted by atomic mass is 32.2. The summed E-state index contributed by atoms with van der Waals surface area (Å²) in [6.45, 7) is 0. The lowest BCUT2D eigenvalue weighted by Crippen LogP contribution is -2.49. The second-order valence-electron chi connectivity index (χ2n) is 5.28. The third-order valence-corrected chi connectivity index (χ3v) is 5.01. The maximum absolute atomic E-state index is 11.8. The molecule has 0 aromatic rings. The number of carbonyl (C=O) groups is 2. The zero-order chi connectivity index (χ0) is 13.8. The van der Waals surface area contributed by atoms with E-state index in [4.69, 9.17) is 5.11 Å². The molecule has 0 aromatic carbocycles. The van der Waals surface area contributed by atoms with Gasteiger partial charge in [-0.1, -0.05) is 0 Å². The van der Waals surface area contributed by atoms with Crippen molar-refractivity contribution in [2.75, 3.05) is 11.5 Å². The van der Waals surface area contributed by atoms with Gasteiger partial charge >= 0.3 is 12.0 Å². The summed E-state index contributed by atoms with van der Waals surface area (Å²) < 4.78 is 11.2. The minimum absolute atomic E-state index is 0.0211. The van der Waals surface area contributed by atoms with Crippen molar-refractivity contribution in [3.8, 4) is 0 Å². The molecule has 2 aliphatic rings. The number of aliphatic carboxylic acids is 1. The molecule has 108 valence electrons. The predicted molar refractivity (Wildman–Crippen MR) is 71.3 cm³/mol. The molecule has 1 unspecified atom stereocenters. The van der Waals surface area contributed by atoms with Crippen LogP contribution in [0.5, 0.6) is 0 Å². The fourth-order valence-corrected chi connectivity index (χ4v) is 3.65. The summed E-state index contributed by atoms with van der Waals surface area (Å²) in [7, 11) is -0.741. The average Bonchev–Trinajstić information content (AvgIpc) is 3.14. The fraction of sp³-hybridized carbons (Fsp3) is 0.833. The van der Waals surface area contributed by atoms with E-state index in [2.05, 4.69) is 10.6 Å². The van der Waals surface area contributed by atoms with Crippen molar-refractivity contribution in [1.82, 2.24) is 10.6 Å². The number of carboxylic acids is 1. The molecule has 1 aliphatic heterocycles. The Morgan fingerprint density at radius 3 is 2.37 bits per heavy atom. The largest absolute Gasteiger partial charge is 0.481 e. The lowest BCUT2D eigenvalue weighted by atomic mass is 10.1. The van der Waals surface area contributed by atoms with Gasteiger partial charge in [0, 0.05) is 34.4 Å². The Labute approximate surface area is 114 Å². The number of nitrogens with one attached hydrogen (secondary N) is 2. The van der Waals surface area contributed by atoms with Crippen molar-refractivity contribution >= 4 is 22.8 Å². The van der Waals surface area contributed by atoms with Crippen LogP contribution in [0, 0.1) is 5.92 Å². The summed E-state index contributed by atoms with van der Waals surface area (Å²) in [6.07, 6.45) is 3.41. The minimum Gasteiger partial charge on any atom is -0.481 e. The monoisotopic (exact) mass is 288 g/mol. The van der Waals surface area contributed by atoms with Crippen LogP contribution in [0.3, 0.4) is 0 Å². The van der Waals surface area contributed by atoms with Crippen molar-refractivity contribution in [2.45, 2.75) is 44.2 Å². The number of carbonyl (C=O) groups excluding carboxylic acids is 1. The Kier molecular flexibility index (Phi) is 4.79. The maximum Gasteiger partial charge on any atom is 0.315 e. The van der Waals surface area contributed by atoms with Crippen LogP contribution in [-0.4, -0.2) is 44.9 Å². The van der Waals surface area contributed by atoms with Crippen molar-refractivity contribution in [3.63, 3.8) is 0 Å². The Balaban J connectivity index is 1.75. The highest BCUT2D eigenvalue weighted by molar-refractivity contribution is 7.85. The summed E-state index contributed by atoms with van der Waals surface area (Å²) in [5, 5.41) is 14.4. The van der Waals surface area contributed by atoms with Gasteiger partial charge < -0.3 is 15.7 Å². The van der Waals surface area contributed by atoms with Crippen LogP contribution in [0.2, 0.25) is 0 Å². The molecule has 0 bridgehead atoms. The first-order chi connectivity index (χ1) is 9.04. The van der Waals surface area contributed by atoms with Crippen LogP contribution < -0.4 is 10.6 Å². The van der Waals surface area contributed by atoms with Gasteiger partial charge in [-0.2, -0.15) is 0 Å². The number of urea groups is 1. The summed E-state index contributed by atoms with van der Waals surface area (Å²) in [5.74, 6) is 0.684. The fourth-order valence-electron chi connectivity index (χ4n) is 2.36. The quantitative estimate of drug-likeness (QED) is 0.684. The first kappa shape index (κ1) is 14.3. The van der Waals surface area contributed by atoms with Crippen LogP contribution in [0.1, 0.15) is 32.1 Å². The molecule has 3 N–H and O–H groups in total. The van der Waals surface area contributed by atoms with E-state index in [1.807, 2.05) is 0 Å². The molecular weight excluding hydrogens is 268 g/mol. The van der Waals surface area contributed by atoms with Gasteiger partial charge in [-0.15, -0.1) is 0 Å². The third-order valence-electron chi connectivity index (χ3n) is 3.63. The highest BCUT2D eigenvalue weighted by Crippen LogP contribution is 2.34. The Bertz CT molecular complexity index is 374. The summed E-state index contributed by atoms with van der Waals surface area (Å²) in [5.41, 5.74) is 0. The molecule has 2 amide bonds. The molecule has 1 heterocycles. The lowest BCUT2D eigenvalue weighted by Gasteiger charge is -2.24. The second-order valence-corrected chi connectivity index (χ2v) is 6.98. The van der Waals surface area contributed by atoms with E-state index >= 15 is 0 Å². The molecule has 0 aromatic heterocycles. The van der Waals surface area contributed by atoms with Crippen LogP contribution in [0.15, 0.2) is 0 Å². The van der Waals surface area contributed by atoms with Gasteiger partial charge in [-0.3, -0.25) is 9.00 Å². The lowest BCUT2D eigenvalue weighted by molar-refractivity contribution is -0.137. The predicted octanol–water partition coefficient (Wildman–Crippen LogP) is 0.450. The third kappa shape index (κ3) is 4.81. The summed E-state index contributed by atoms with van der Waals surface area (Å²) in [6, 6.07) is -0.506. The average molecular weight is 288 g/mol. The number of amides is 2. The van der Waals surface area contributed by atoms with Gasteiger partial charge in [0.2, 0.25) is 0 Å². The molecular formula is C12H20N2O4S. The first-order valence-electron chi connectivity index (χ1n) is 6.68. The molecule has 6 nitrogen and oxygen atoms in total. The van der Waals surface area contributed by atoms with E-state index in [1.165, 1.54) is 0 Å². The SMILES string of the molecule is O=C(O)CC(NC(=O)NC1CCS(=O)CC1)C1CC1. The van der Waals surface area contributed by atoms with Gasteiger partial charge in [-0.25, -0.2) is 4.79 Å². The zero-order valence-electron chi connectivity index (χ0n) is 10.8. The van der Waals surface area contributed by atoms with Crippen molar-refractivity contribution in [1.29, 1.82) is 0 Å². The Hall–Kier alpha value is -1.11. The Morgan fingerprint density at radius 1 is 1.21 bits per heavy atom. The van der Waals surface area contributed by atoms with Crippen LogP contribution in [-0.2, 0) is 15.6 Å². The summed E-state index contributed by atoms with van der Waals surface area (Å²) >= 11 is 0. The summed E-state index contributed by atoms with van der Waals surface area (Å²) in [4.78, 5) is 22.6. The number of rotatable bonds is 5. The molecule has 19 heavy (non-hydrogen) atoms. The minimum atomic E-state index is -0.884. The molecule has 1 aliphatic carbocycles. The maximum atomic E-state index is 11.8. The van der Waals surface area contributed by atoms with Gasteiger partial charge in [0.1, 0.15) is 0 Å².